The molecule has 1 aromatic carbocycles. The Morgan fingerprint density at radius 1 is 0.903 bits per heavy atom. The van der Waals surface area contributed by atoms with E-state index in [1.54, 1.807) is 0 Å². The summed E-state index contributed by atoms with van der Waals surface area (Å²) in [6, 6.07) is 8.25. The molecule has 0 radical (unpaired) electrons. The molecule has 1 N–H and O–H groups in total. The van der Waals surface area contributed by atoms with Crippen molar-refractivity contribution in [3.63, 3.8) is 0 Å². The van der Waals surface area contributed by atoms with Gasteiger partial charge < -0.3 is 29.0 Å². The molecule has 1 aromatic rings. The second kappa shape index (κ2) is 11.4. The van der Waals surface area contributed by atoms with E-state index in [0.29, 0.717) is 0 Å². The molecular weight excluding hydrogens is 410 g/mol. The molecule has 0 saturated carbocycles. The summed E-state index contributed by atoms with van der Waals surface area (Å²) in [4.78, 5) is 46.7. The second-order valence-electron chi connectivity index (χ2n) is 7.02. The lowest BCUT2D eigenvalue weighted by atomic mass is 9.96. The predicted molar refractivity (Wildman–Crippen MR) is 105 cm³/mol. The summed E-state index contributed by atoms with van der Waals surface area (Å²) >= 11 is 0. The standard InChI is InChI=1S/C21H27NO9/c1-12(23)22-18-20(30-15(4)26)19(29-14(3)25)17(11-27-13(2)24)31-21(18)28-10-16-8-6-5-7-9-16/h5-9,17-21H,10-11H2,1-4H3,(H,22,23)/t17-,18+,19-,20-,21-/m1/s1. The Hall–Kier alpha value is -2.98. The van der Waals surface area contributed by atoms with E-state index >= 15 is 0 Å². The van der Waals surface area contributed by atoms with Crippen LogP contribution in [-0.2, 0) is 49.5 Å². The number of hydrogen-bond donors (Lipinski definition) is 1. The average Bonchev–Trinajstić information content (AvgIpc) is 2.68. The maximum Gasteiger partial charge on any atom is 0.303 e. The molecule has 1 aliphatic heterocycles. The number of hydrogen-bond acceptors (Lipinski definition) is 9. The van der Waals surface area contributed by atoms with Crippen LogP contribution in [0.1, 0.15) is 33.3 Å². The van der Waals surface area contributed by atoms with Crippen molar-refractivity contribution in [1.29, 1.82) is 0 Å². The van der Waals surface area contributed by atoms with Gasteiger partial charge >= 0.3 is 17.9 Å². The molecule has 2 rings (SSSR count). The summed E-state index contributed by atoms with van der Waals surface area (Å²) in [5.74, 6) is -2.32. The van der Waals surface area contributed by atoms with Gasteiger partial charge in [-0.25, -0.2) is 0 Å². The number of nitrogens with one attached hydrogen (secondary N) is 1. The van der Waals surface area contributed by atoms with Gasteiger partial charge in [-0.1, -0.05) is 30.3 Å². The largest absolute Gasteiger partial charge is 0.463 e. The van der Waals surface area contributed by atoms with E-state index in [-0.39, 0.29) is 13.2 Å². The summed E-state index contributed by atoms with van der Waals surface area (Å²) < 4.78 is 27.6. The number of ether oxygens (including phenoxy) is 5. The van der Waals surface area contributed by atoms with E-state index < -0.39 is 54.5 Å². The predicted octanol–water partition coefficient (Wildman–Crippen LogP) is 0.859. The van der Waals surface area contributed by atoms with E-state index in [2.05, 4.69) is 5.32 Å². The summed E-state index contributed by atoms with van der Waals surface area (Å²) in [5.41, 5.74) is 0.843. The molecule has 0 aliphatic carbocycles. The minimum atomic E-state index is -1.14. The van der Waals surface area contributed by atoms with Crippen LogP contribution in [-0.4, -0.2) is 61.1 Å². The van der Waals surface area contributed by atoms with Gasteiger partial charge in [0.05, 0.1) is 6.61 Å². The lowest BCUT2D eigenvalue weighted by Crippen LogP contribution is -2.66. The molecule has 0 aromatic heterocycles. The van der Waals surface area contributed by atoms with E-state index in [0.717, 1.165) is 5.56 Å². The second-order valence-corrected chi connectivity index (χ2v) is 7.02. The number of amides is 1. The highest BCUT2D eigenvalue weighted by Gasteiger charge is 2.51. The van der Waals surface area contributed by atoms with Gasteiger partial charge in [-0.3, -0.25) is 19.2 Å². The van der Waals surface area contributed by atoms with E-state index in [4.69, 9.17) is 23.7 Å². The third kappa shape index (κ3) is 7.65. The quantitative estimate of drug-likeness (QED) is 0.465. The maximum atomic E-state index is 11.8. The Kier molecular flexibility index (Phi) is 8.95. The first-order chi connectivity index (χ1) is 14.7. The fourth-order valence-electron chi connectivity index (χ4n) is 3.19. The van der Waals surface area contributed by atoms with Crippen molar-refractivity contribution >= 4 is 23.8 Å². The highest BCUT2D eigenvalue weighted by Crippen LogP contribution is 2.28. The molecule has 0 spiro atoms. The topological polar surface area (TPSA) is 126 Å². The van der Waals surface area contributed by atoms with Crippen molar-refractivity contribution in [2.24, 2.45) is 0 Å². The van der Waals surface area contributed by atoms with Crippen LogP contribution in [0, 0.1) is 0 Å². The third-order valence-corrected chi connectivity index (χ3v) is 4.33. The molecule has 170 valence electrons. The average molecular weight is 437 g/mol. The van der Waals surface area contributed by atoms with E-state index in [1.807, 2.05) is 30.3 Å². The number of esters is 3. The first-order valence-corrected chi connectivity index (χ1v) is 9.73. The van der Waals surface area contributed by atoms with Gasteiger partial charge in [0.2, 0.25) is 5.91 Å². The Labute approximate surface area is 180 Å². The van der Waals surface area contributed by atoms with Crippen LogP contribution in [0.2, 0.25) is 0 Å². The molecule has 1 aliphatic rings. The normalized spacial score (nSPS) is 25.2. The Morgan fingerprint density at radius 3 is 2.06 bits per heavy atom. The monoisotopic (exact) mass is 437 g/mol. The lowest BCUT2D eigenvalue weighted by molar-refractivity contribution is -0.280. The van der Waals surface area contributed by atoms with Crippen LogP contribution in [0.3, 0.4) is 0 Å². The van der Waals surface area contributed by atoms with Crippen LogP contribution >= 0.6 is 0 Å². The summed E-state index contributed by atoms with van der Waals surface area (Å²) in [6.45, 7) is 4.72. The van der Waals surface area contributed by atoms with Gasteiger partial charge in [-0.2, -0.15) is 0 Å². The van der Waals surface area contributed by atoms with Gasteiger partial charge in [-0.15, -0.1) is 0 Å². The van der Waals surface area contributed by atoms with Crippen molar-refractivity contribution in [2.75, 3.05) is 6.61 Å². The number of rotatable bonds is 8. The lowest BCUT2D eigenvalue weighted by Gasteiger charge is -2.44. The van der Waals surface area contributed by atoms with Crippen molar-refractivity contribution in [2.45, 2.75) is 64.9 Å². The Morgan fingerprint density at radius 2 is 1.52 bits per heavy atom. The van der Waals surface area contributed by atoms with E-state index in [9.17, 15) is 19.2 Å². The fraction of sp³-hybridized carbons (Fsp3) is 0.524. The molecule has 5 atom stereocenters. The van der Waals surface area contributed by atoms with Gasteiger partial charge in [0, 0.05) is 27.7 Å². The zero-order valence-electron chi connectivity index (χ0n) is 17.9. The van der Waals surface area contributed by atoms with Crippen LogP contribution in [0.25, 0.3) is 0 Å². The first kappa shape index (κ1) is 24.3. The molecule has 0 bridgehead atoms. The van der Waals surface area contributed by atoms with Crippen LogP contribution in [0.5, 0.6) is 0 Å². The molecule has 10 nitrogen and oxygen atoms in total. The fourth-order valence-corrected chi connectivity index (χ4v) is 3.19. The van der Waals surface area contributed by atoms with Crippen molar-refractivity contribution in [1.82, 2.24) is 5.32 Å². The smallest absolute Gasteiger partial charge is 0.303 e. The highest BCUT2D eigenvalue weighted by atomic mass is 16.7. The summed E-state index contributed by atoms with van der Waals surface area (Å²) in [5, 5.41) is 2.65. The van der Waals surface area contributed by atoms with Crippen LogP contribution in [0.15, 0.2) is 30.3 Å². The zero-order valence-corrected chi connectivity index (χ0v) is 17.9. The van der Waals surface area contributed by atoms with Crippen molar-refractivity contribution in [3.05, 3.63) is 35.9 Å². The Balaban J connectivity index is 2.35. The first-order valence-electron chi connectivity index (χ1n) is 9.73. The molecule has 0 unspecified atom stereocenters. The van der Waals surface area contributed by atoms with Crippen LogP contribution in [0.4, 0.5) is 0 Å². The van der Waals surface area contributed by atoms with Gasteiger partial charge in [0.25, 0.3) is 0 Å². The molecule has 1 heterocycles. The van der Waals surface area contributed by atoms with Gasteiger partial charge in [0.15, 0.2) is 18.5 Å². The maximum absolute atomic E-state index is 11.8. The number of benzene rings is 1. The molecule has 1 amide bonds. The van der Waals surface area contributed by atoms with E-state index in [1.165, 1.54) is 27.7 Å². The minimum Gasteiger partial charge on any atom is -0.463 e. The number of carbonyl (C=O) groups is 4. The molecular formula is C21H27NO9. The highest BCUT2D eigenvalue weighted by molar-refractivity contribution is 5.73. The van der Waals surface area contributed by atoms with Gasteiger partial charge in [0.1, 0.15) is 18.8 Å². The molecule has 1 saturated heterocycles. The third-order valence-electron chi connectivity index (χ3n) is 4.33. The van der Waals surface area contributed by atoms with Crippen molar-refractivity contribution in [3.8, 4) is 0 Å². The molecule has 31 heavy (non-hydrogen) atoms. The Bertz CT molecular complexity index is 782. The minimum absolute atomic E-state index is 0.132. The SMILES string of the molecule is CC(=O)N[C@@H]1[C@H](OCc2ccccc2)O[C@H](COC(C)=O)[C@@H](OC(C)=O)[C@@H]1OC(C)=O. The summed E-state index contributed by atoms with van der Waals surface area (Å²) in [7, 11) is 0. The molecule has 10 heteroatoms. The zero-order chi connectivity index (χ0) is 23.0. The molecule has 1 fully saturated rings. The van der Waals surface area contributed by atoms with Crippen molar-refractivity contribution < 1.29 is 42.9 Å². The summed E-state index contributed by atoms with van der Waals surface area (Å²) in [6.07, 6.45) is -4.36. The number of carbonyl (C=O) groups excluding carboxylic acids is 4. The van der Waals surface area contributed by atoms with Crippen LogP contribution < -0.4 is 5.32 Å². The van der Waals surface area contributed by atoms with Gasteiger partial charge in [-0.05, 0) is 5.56 Å².